The molecule has 0 radical (unpaired) electrons. The van der Waals surface area contributed by atoms with Gasteiger partial charge in [-0.2, -0.15) is 13.2 Å². The number of aromatic nitrogens is 3. The third-order valence-electron chi connectivity index (χ3n) is 5.83. The van der Waals surface area contributed by atoms with Crippen molar-refractivity contribution in [3.05, 3.63) is 101 Å². The number of anilines is 2. The highest BCUT2D eigenvalue weighted by atomic mass is 35.5. The first-order valence-corrected chi connectivity index (χ1v) is 11.6. The van der Waals surface area contributed by atoms with E-state index >= 15 is 0 Å². The molecule has 5 rings (SSSR count). The molecule has 1 atom stereocenters. The van der Waals surface area contributed by atoms with Gasteiger partial charge in [0.1, 0.15) is 30.3 Å². The molecule has 11 heteroatoms. The van der Waals surface area contributed by atoms with Crippen molar-refractivity contribution in [3.63, 3.8) is 0 Å². The van der Waals surface area contributed by atoms with Crippen LogP contribution in [-0.4, -0.2) is 20.6 Å². The molecule has 0 amide bonds. The summed E-state index contributed by atoms with van der Waals surface area (Å²) in [5, 5.41) is 4.40. The normalized spacial score (nSPS) is 15.9. The third kappa shape index (κ3) is 5.39. The van der Waals surface area contributed by atoms with E-state index in [0.717, 1.165) is 6.20 Å². The highest BCUT2D eigenvalue weighted by Gasteiger charge is 2.34. The van der Waals surface area contributed by atoms with Crippen LogP contribution in [0, 0.1) is 5.82 Å². The molecule has 0 fully saturated rings. The molecular formula is C26H20ClF4N5O. The fourth-order valence-corrected chi connectivity index (χ4v) is 4.30. The van der Waals surface area contributed by atoms with Crippen LogP contribution in [0.25, 0.3) is 16.6 Å². The average molecular weight is 530 g/mol. The van der Waals surface area contributed by atoms with Crippen molar-refractivity contribution in [2.45, 2.75) is 25.2 Å². The second kappa shape index (κ2) is 9.78. The van der Waals surface area contributed by atoms with Crippen molar-refractivity contribution in [3.8, 4) is 5.69 Å². The van der Waals surface area contributed by atoms with Gasteiger partial charge in [-0.3, -0.25) is 0 Å². The van der Waals surface area contributed by atoms with Crippen LogP contribution in [0.4, 0.5) is 29.1 Å². The second-order valence-corrected chi connectivity index (χ2v) is 8.91. The van der Waals surface area contributed by atoms with E-state index < -0.39 is 11.7 Å². The van der Waals surface area contributed by atoms with Gasteiger partial charge >= 0.3 is 6.18 Å². The Bertz CT molecular complexity index is 1530. The van der Waals surface area contributed by atoms with Crippen molar-refractivity contribution in [1.82, 2.24) is 14.5 Å². The Hall–Kier alpha value is -4.05. The molecule has 2 heterocycles. The molecule has 0 spiro atoms. The van der Waals surface area contributed by atoms with E-state index in [1.165, 1.54) is 29.2 Å². The van der Waals surface area contributed by atoms with Gasteiger partial charge in [0.05, 0.1) is 27.8 Å². The van der Waals surface area contributed by atoms with Crippen molar-refractivity contribution in [2.24, 2.45) is 0 Å². The molecule has 3 N–H and O–H groups in total. The zero-order chi connectivity index (χ0) is 26.2. The largest absolute Gasteiger partial charge is 0.488 e. The highest BCUT2D eigenvalue weighted by Crippen LogP contribution is 2.35. The number of alkyl halides is 3. The number of allylic oxidation sites excluding steroid dienone is 1. The van der Waals surface area contributed by atoms with Gasteiger partial charge < -0.3 is 20.4 Å². The fraction of sp³-hybridized carbons (Fsp3) is 0.154. The zero-order valence-corrected chi connectivity index (χ0v) is 19.9. The Morgan fingerprint density at radius 2 is 1.97 bits per heavy atom. The lowest BCUT2D eigenvalue weighted by Crippen LogP contribution is -2.21. The summed E-state index contributed by atoms with van der Waals surface area (Å²) in [5.41, 5.74) is 6.08. The van der Waals surface area contributed by atoms with E-state index in [4.69, 9.17) is 22.1 Å². The van der Waals surface area contributed by atoms with Gasteiger partial charge in [-0.1, -0.05) is 29.8 Å². The number of hydrogen-bond acceptors (Lipinski definition) is 5. The molecule has 190 valence electrons. The molecule has 6 nitrogen and oxygen atoms in total. The number of nitrogens with two attached hydrogens (primary N) is 1. The topological polar surface area (TPSA) is 78.0 Å². The predicted octanol–water partition coefficient (Wildman–Crippen LogP) is 6.57. The maximum absolute atomic E-state index is 13.4. The molecule has 4 aromatic rings. The first-order chi connectivity index (χ1) is 17.7. The number of halogens is 5. The van der Waals surface area contributed by atoms with E-state index in [1.807, 2.05) is 6.08 Å². The standard InChI is InChI=1S/C26H20ClF4N5O/c27-21-9-17(4-7-24(21)37-13-15-2-1-3-16(28)8-15)35-25-19-10-18(5-6-23(19)33-14-34-25)36-11-20(22(32)12-36)26(29,30)31/h1-8,10-12,14,17H,9,13,32H2,(H,33,34,35). The van der Waals surface area contributed by atoms with Gasteiger partial charge in [-0.25, -0.2) is 14.4 Å². The lowest BCUT2D eigenvalue weighted by atomic mass is 10.1. The van der Waals surface area contributed by atoms with Gasteiger partial charge in [0.25, 0.3) is 0 Å². The molecule has 37 heavy (non-hydrogen) atoms. The van der Waals surface area contributed by atoms with Crippen LogP contribution in [0.2, 0.25) is 0 Å². The summed E-state index contributed by atoms with van der Waals surface area (Å²) in [4.78, 5) is 8.58. The monoisotopic (exact) mass is 529 g/mol. The fourth-order valence-electron chi connectivity index (χ4n) is 4.02. The Morgan fingerprint density at radius 1 is 1.14 bits per heavy atom. The summed E-state index contributed by atoms with van der Waals surface area (Å²) in [6.07, 6.45) is 3.03. The van der Waals surface area contributed by atoms with Crippen LogP contribution in [0.15, 0.2) is 84.1 Å². The number of hydrogen-bond donors (Lipinski definition) is 2. The van der Waals surface area contributed by atoms with Gasteiger partial charge in [0.2, 0.25) is 0 Å². The van der Waals surface area contributed by atoms with Crippen LogP contribution in [0.3, 0.4) is 0 Å². The molecule has 1 aliphatic carbocycles. The van der Waals surface area contributed by atoms with E-state index in [-0.39, 0.29) is 24.2 Å². The van der Waals surface area contributed by atoms with Gasteiger partial charge in [-0.05, 0) is 42.0 Å². The Labute approximate surface area is 214 Å². The molecule has 0 bridgehead atoms. The molecule has 0 saturated carbocycles. The SMILES string of the molecule is Nc1cn(-c2ccc3ncnc(NC4C=CC(OCc5cccc(F)c5)=C(Cl)C4)c3c2)cc1C(F)(F)F. The second-order valence-electron chi connectivity index (χ2n) is 8.46. The Kier molecular flexibility index (Phi) is 6.51. The zero-order valence-electron chi connectivity index (χ0n) is 19.1. The third-order valence-corrected chi connectivity index (χ3v) is 6.17. The van der Waals surface area contributed by atoms with Crippen molar-refractivity contribution in [1.29, 1.82) is 0 Å². The molecule has 1 aliphatic rings. The number of ether oxygens (including phenoxy) is 1. The molecule has 0 aliphatic heterocycles. The molecule has 2 aromatic carbocycles. The number of nitrogens with one attached hydrogen (secondary N) is 1. The number of fused-ring (bicyclic) bond motifs is 1. The summed E-state index contributed by atoms with van der Waals surface area (Å²) >= 11 is 6.47. The lowest BCUT2D eigenvalue weighted by Gasteiger charge is -2.22. The molecule has 0 saturated heterocycles. The van der Waals surface area contributed by atoms with Crippen LogP contribution >= 0.6 is 11.6 Å². The first kappa shape index (κ1) is 24.6. The smallest absolute Gasteiger partial charge is 0.419 e. The number of nitrogens with zero attached hydrogens (tertiary/aromatic N) is 3. The predicted molar refractivity (Wildman–Crippen MR) is 134 cm³/mol. The highest BCUT2D eigenvalue weighted by molar-refractivity contribution is 6.30. The molecule has 1 unspecified atom stereocenters. The van der Waals surface area contributed by atoms with Gasteiger partial charge in [-0.15, -0.1) is 0 Å². The Morgan fingerprint density at radius 3 is 2.70 bits per heavy atom. The summed E-state index contributed by atoms with van der Waals surface area (Å²) in [6, 6.07) is 10.9. The lowest BCUT2D eigenvalue weighted by molar-refractivity contribution is -0.136. The quantitative estimate of drug-likeness (QED) is 0.276. The first-order valence-electron chi connectivity index (χ1n) is 11.2. The summed E-state index contributed by atoms with van der Waals surface area (Å²) in [5.74, 6) is 0.640. The summed E-state index contributed by atoms with van der Waals surface area (Å²) < 4.78 is 60.0. The van der Waals surface area contributed by atoms with Crippen molar-refractivity contribution >= 4 is 34.0 Å². The minimum atomic E-state index is -4.55. The van der Waals surface area contributed by atoms with E-state index in [9.17, 15) is 17.6 Å². The van der Waals surface area contributed by atoms with Crippen LogP contribution in [-0.2, 0) is 17.5 Å². The Balaban J connectivity index is 1.34. The number of rotatable bonds is 6. The van der Waals surface area contributed by atoms with E-state index in [2.05, 4.69) is 15.3 Å². The van der Waals surface area contributed by atoms with E-state index in [0.29, 0.717) is 45.2 Å². The summed E-state index contributed by atoms with van der Waals surface area (Å²) in [6.45, 7) is 0.172. The van der Waals surface area contributed by atoms with Crippen LogP contribution in [0.5, 0.6) is 0 Å². The van der Waals surface area contributed by atoms with Gasteiger partial charge in [0.15, 0.2) is 0 Å². The maximum Gasteiger partial charge on any atom is 0.419 e. The number of nitrogen functional groups attached to an aromatic ring is 1. The number of benzene rings is 2. The van der Waals surface area contributed by atoms with Crippen molar-refractivity contribution < 1.29 is 22.3 Å². The van der Waals surface area contributed by atoms with Crippen LogP contribution in [0.1, 0.15) is 17.5 Å². The van der Waals surface area contributed by atoms with Crippen molar-refractivity contribution in [2.75, 3.05) is 11.1 Å². The minimum Gasteiger partial charge on any atom is -0.488 e. The van der Waals surface area contributed by atoms with Crippen LogP contribution < -0.4 is 11.1 Å². The maximum atomic E-state index is 13.4. The summed E-state index contributed by atoms with van der Waals surface area (Å²) in [7, 11) is 0. The molecular weight excluding hydrogens is 510 g/mol. The van der Waals surface area contributed by atoms with E-state index in [1.54, 1.807) is 36.4 Å². The average Bonchev–Trinajstić information content (AvgIpc) is 3.26. The minimum absolute atomic E-state index is 0.172. The van der Waals surface area contributed by atoms with Gasteiger partial charge in [0, 0.05) is 29.9 Å². The molecule has 2 aromatic heterocycles.